The van der Waals surface area contributed by atoms with Gasteiger partial charge in [0, 0.05) is 50.0 Å². The van der Waals surface area contributed by atoms with Crippen LogP contribution in [0.3, 0.4) is 0 Å². The molecule has 3 heterocycles. The average Bonchev–Trinajstić information content (AvgIpc) is 3.50. The maximum absolute atomic E-state index is 12.5. The lowest BCUT2D eigenvalue weighted by Crippen LogP contribution is -2.41. The molecule has 36 heavy (non-hydrogen) atoms. The number of carbonyl (C=O) groups excluding carboxylic acids is 1. The van der Waals surface area contributed by atoms with E-state index in [1.54, 1.807) is 20.2 Å². The Hall–Kier alpha value is -3.01. The van der Waals surface area contributed by atoms with Crippen LogP contribution in [0, 0.1) is 18.8 Å². The van der Waals surface area contributed by atoms with Gasteiger partial charge < -0.3 is 23.8 Å². The van der Waals surface area contributed by atoms with Gasteiger partial charge in [0.1, 0.15) is 11.9 Å². The summed E-state index contributed by atoms with van der Waals surface area (Å²) in [6.45, 7) is 9.19. The maximum Gasteiger partial charge on any atom is 0.325 e. The average molecular weight is 497 g/mol. The Labute approximate surface area is 211 Å². The standard InChI is InChI=1S/C27H36N4O5/c1-17(2)14-36-27(33)23(16-34-4)28-11-19-5-6-24-22(10-19)30-25(21-9-18(3)26(32)29-12-21)31(24)13-20-7-8-35-15-20/h5-6,9-10,12,17,20,23,28H,7-8,11,13-16H2,1-4H3,(H,29,32). The number of rotatable bonds is 11. The van der Waals surface area contributed by atoms with Crippen LogP contribution in [-0.2, 0) is 32.1 Å². The van der Waals surface area contributed by atoms with E-state index in [-0.39, 0.29) is 24.1 Å². The molecule has 1 saturated heterocycles. The molecule has 3 aromatic rings. The Morgan fingerprint density at radius 2 is 2.14 bits per heavy atom. The van der Waals surface area contributed by atoms with Crippen LogP contribution < -0.4 is 10.9 Å². The SMILES string of the molecule is COCC(NCc1ccc2c(c1)nc(-c1c[nH]c(=O)c(C)c1)n2CC1CCOC1)C(=O)OCC(C)C. The first-order valence-corrected chi connectivity index (χ1v) is 12.5. The number of imidazole rings is 1. The highest BCUT2D eigenvalue weighted by Gasteiger charge is 2.22. The van der Waals surface area contributed by atoms with Gasteiger partial charge in [0.15, 0.2) is 0 Å². The van der Waals surface area contributed by atoms with E-state index >= 15 is 0 Å². The van der Waals surface area contributed by atoms with Crippen molar-refractivity contribution in [2.24, 2.45) is 11.8 Å². The Morgan fingerprint density at radius 1 is 1.31 bits per heavy atom. The molecule has 9 heteroatoms. The van der Waals surface area contributed by atoms with Crippen molar-refractivity contribution in [1.82, 2.24) is 19.9 Å². The minimum absolute atomic E-state index is 0.100. The van der Waals surface area contributed by atoms with Gasteiger partial charge in [-0.1, -0.05) is 19.9 Å². The molecule has 0 bridgehead atoms. The summed E-state index contributed by atoms with van der Waals surface area (Å²) >= 11 is 0. The summed E-state index contributed by atoms with van der Waals surface area (Å²) in [6, 6.07) is 7.48. The number of fused-ring (bicyclic) bond motifs is 1. The number of nitrogens with one attached hydrogen (secondary N) is 2. The molecule has 2 atom stereocenters. The zero-order valence-corrected chi connectivity index (χ0v) is 21.5. The van der Waals surface area contributed by atoms with Gasteiger partial charge in [-0.25, -0.2) is 4.98 Å². The van der Waals surface area contributed by atoms with Crippen LogP contribution >= 0.6 is 0 Å². The number of aryl methyl sites for hydroxylation is 1. The highest BCUT2D eigenvalue weighted by atomic mass is 16.5. The molecule has 0 saturated carbocycles. The Balaban J connectivity index is 1.59. The lowest BCUT2D eigenvalue weighted by Gasteiger charge is -2.18. The molecular formula is C27H36N4O5. The van der Waals surface area contributed by atoms with Gasteiger partial charge in [-0.05, 0) is 43.0 Å². The molecule has 1 fully saturated rings. The van der Waals surface area contributed by atoms with Crippen LogP contribution in [0.4, 0.5) is 0 Å². The molecule has 0 aliphatic carbocycles. The number of methoxy groups -OCH3 is 1. The first kappa shape index (κ1) is 26.1. The molecule has 0 amide bonds. The largest absolute Gasteiger partial charge is 0.464 e. The molecule has 1 aliphatic heterocycles. The highest BCUT2D eigenvalue weighted by Crippen LogP contribution is 2.28. The van der Waals surface area contributed by atoms with Crippen molar-refractivity contribution >= 4 is 17.0 Å². The molecule has 2 unspecified atom stereocenters. The van der Waals surface area contributed by atoms with Crippen LogP contribution in [0.25, 0.3) is 22.4 Å². The number of benzene rings is 1. The summed E-state index contributed by atoms with van der Waals surface area (Å²) in [5.41, 5.74) is 4.30. The van der Waals surface area contributed by atoms with E-state index in [2.05, 4.69) is 20.9 Å². The number of carbonyl (C=O) groups is 1. The summed E-state index contributed by atoms with van der Waals surface area (Å²) in [5, 5.41) is 3.26. The zero-order chi connectivity index (χ0) is 25.7. The molecular weight excluding hydrogens is 460 g/mol. The normalized spacial score (nSPS) is 16.6. The van der Waals surface area contributed by atoms with Crippen molar-refractivity contribution in [3.05, 3.63) is 51.9 Å². The maximum atomic E-state index is 12.5. The highest BCUT2D eigenvalue weighted by molar-refractivity contribution is 5.81. The van der Waals surface area contributed by atoms with E-state index in [1.807, 2.05) is 32.0 Å². The van der Waals surface area contributed by atoms with Crippen LogP contribution in [0.5, 0.6) is 0 Å². The minimum atomic E-state index is -0.552. The molecule has 0 radical (unpaired) electrons. The van der Waals surface area contributed by atoms with E-state index in [0.29, 0.717) is 24.6 Å². The molecule has 1 aromatic carbocycles. The number of hydrogen-bond donors (Lipinski definition) is 2. The van der Waals surface area contributed by atoms with Gasteiger partial charge in [-0.2, -0.15) is 0 Å². The van der Waals surface area contributed by atoms with Gasteiger partial charge in [-0.3, -0.25) is 14.9 Å². The quantitative estimate of drug-likeness (QED) is 0.393. The Morgan fingerprint density at radius 3 is 2.83 bits per heavy atom. The summed E-state index contributed by atoms with van der Waals surface area (Å²) < 4.78 is 18.4. The van der Waals surface area contributed by atoms with Gasteiger partial charge in [0.05, 0.1) is 30.9 Å². The van der Waals surface area contributed by atoms with Crippen LogP contribution in [0.15, 0.2) is 35.3 Å². The monoisotopic (exact) mass is 496 g/mol. The number of ether oxygens (including phenoxy) is 3. The van der Waals surface area contributed by atoms with E-state index < -0.39 is 6.04 Å². The first-order chi connectivity index (χ1) is 17.4. The lowest BCUT2D eigenvalue weighted by molar-refractivity contribution is -0.148. The molecule has 0 spiro atoms. The van der Waals surface area contributed by atoms with Crippen molar-refractivity contribution in [2.75, 3.05) is 33.5 Å². The summed E-state index contributed by atoms with van der Waals surface area (Å²) in [7, 11) is 1.57. The van der Waals surface area contributed by atoms with Crippen molar-refractivity contribution < 1.29 is 19.0 Å². The van der Waals surface area contributed by atoms with E-state index in [4.69, 9.17) is 19.2 Å². The van der Waals surface area contributed by atoms with E-state index in [9.17, 15) is 9.59 Å². The van der Waals surface area contributed by atoms with Crippen LogP contribution in [0.1, 0.15) is 31.4 Å². The molecule has 194 valence electrons. The second kappa shape index (κ2) is 11.8. The third-order valence-electron chi connectivity index (χ3n) is 6.35. The topological polar surface area (TPSA) is 107 Å². The zero-order valence-electron chi connectivity index (χ0n) is 21.5. The number of aromatic amines is 1. The Kier molecular flexibility index (Phi) is 8.56. The first-order valence-electron chi connectivity index (χ1n) is 12.5. The molecule has 2 aromatic heterocycles. The number of hydrogen-bond acceptors (Lipinski definition) is 7. The Bertz CT molecular complexity index is 1240. The number of H-pyrrole nitrogens is 1. The second-order valence-electron chi connectivity index (χ2n) is 9.91. The molecule has 4 rings (SSSR count). The summed E-state index contributed by atoms with van der Waals surface area (Å²) in [6.07, 6.45) is 2.73. The minimum Gasteiger partial charge on any atom is -0.464 e. The van der Waals surface area contributed by atoms with Gasteiger partial charge >= 0.3 is 5.97 Å². The number of aromatic nitrogens is 3. The predicted molar refractivity (Wildman–Crippen MR) is 138 cm³/mol. The molecule has 2 N–H and O–H groups in total. The van der Waals surface area contributed by atoms with Crippen molar-refractivity contribution in [2.45, 2.75) is 46.3 Å². The summed E-state index contributed by atoms with van der Waals surface area (Å²) in [5.74, 6) is 1.19. The van der Waals surface area contributed by atoms with E-state index in [1.165, 1.54) is 0 Å². The van der Waals surface area contributed by atoms with Gasteiger partial charge in [-0.15, -0.1) is 0 Å². The third-order valence-corrected chi connectivity index (χ3v) is 6.35. The van der Waals surface area contributed by atoms with Crippen LogP contribution in [-0.4, -0.2) is 60.1 Å². The fourth-order valence-corrected chi connectivity index (χ4v) is 4.37. The fourth-order valence-electron chi connectivity index (χ4n) is 4.37. The number of nitrogens with zero attached hydrogens (tertiary/aromatic N) is 2. The third kappa shape index (κ3) is 6.21. The lowest BCUT2D eigenvalue weighted by atomic mass is 10.1. The van der Waals surface area contributed by atoms with Crippen molar-refractivity contribution in [1.29, 1.82) is 0 Å². The van der Waals surface area contributed by atoms with Gasteiger partial charge in [0.2, 0.25) is 0 Å². The molecule has 1 aliphatic rings. The molecule has 9 nitrogen and oxygen atoms in total. The van der Waals surface area contributed by atoms with Crippen molar-refractivity contribution in [3.8, 4) is 11.4 Å². The number of pyridine rings is 1. The van der Waals surface area contributed by atoms with Gasteiger partial charge in [0.25, 0.3) is 5.56 Å². The predicted octanol–water partition coefficient (Wildman–Crippen LogP) is 3.04. The van der Waals surface area contributed by atoms with Crippen molar-refractivity contribution in [3.63, 3.8) is 0 Å². The number of esters is 1. The smallest absolute Gasteiger partial charge is 0.325 e. The fraction of sp³-hybridized carbons (Fsp3) is 0.519. The second-order valence-corrected chi connectivity index (χ2v) is 9.91. The van der Waals surface area contributed by atoms with Crippen LogP contribution in [0.2, 0.25) is 0 Å². The summed E-state index contributed by atoms with van der Waals surface area (Å²) in [4.78, 5) is 32.2. The van der Waals surface area contributed by atoms with E-state index in [0.717, 1.165) is 54.2 Å².